The van der Waals surface area contributed by atoms with Gasteiger partial charge in [0.1, 0.15) is 0 Å². The highest BCUT2D eigenvalue weighted by Gasteiger charge is 2.35. The van der Waals surface area contributed by atoms with Crippen LogP contribution in [-0.4, -0.2) is 26.3 Å². The predicted molar refractivity (Wildman–Crippen MR) is 76.6 cm³/mol. The lowest BCUT2D eigenvalue weighted by Gasteiger charge is -2.28. The summed E-state index contributed by atoms with van der Waals surface area (Å²) in [4.78, 5) is 0. The first-order valence-corrected chi connectivity index (χ1v) is 7.13. The third-order valence-electron chi connectivity index (χ3n) is 3.52. The molecule has 18 heavy (non-hydrogen) atoms. The summed E-state index contributed by atoms with van der Waals surface area (Å²) < 4.78 is 5.58. The van der Waals surface area contributed by atoms with Gasteiger partial charge in [0.15, 0.2) is 0 Å². The lowest BCUT2D eigenvalue weighted by molar-refractivity contribution is 0.149. The van der Waals surface area contributed by atoms with Gasteiger partial charge in [0.05, 0.1) is 6.61 Å². The molecule has 2 rings (SSSR count). The predicted octanol–water partition coefficient (Wildman–Crippen LogP) is 3.55. The Morgan fingerprint density at radius 3 is 2.83 bits per heavy atom. The number of hydrogen-bond acceptors (Lipinski definition) is 2. The topological polar surface area (TPSA) is 21.3 Å². The molecule has 0 bridgehead atoms. The lowest BCUT2D eigenvalue weighted by atomic mass is 9.81. The average Bonchev–Trinajstić information content (AvgIpc) is 2.80. The summed E-state index contributed by atoms with van der Waals surface area (Å²) in [7, 11) is 0. The summed E-state index contributed by atoms with van der Waals surface area (Å²) in [5.74, 6) is 0. The smallest absolute Gasteiger partial charge is 0.0538 e. The van der Waals surface area contributed by atoms with Gasteiger partial charge in [0.25, 0.3) is 0 Å². The van der Waals surface area contributed by atoms with Crippen molar-refractivity contribution in [1.82, 2.24) is 5.32 Å². The standard InChI is InChI=1S/C14H19Cl2NO/c1-2-17-9-14(5-6-18-10-14)8-11-3-4-12(15)7-13(11)16/h3-4,7,17H,2,5-6,8-10H2,1H3. The van der Waals surface area contributed by atoms with Crippen molar-refractivity contribution in [3.05, 3.63) is 33.8 Å². The zero-order chi connectivity index (χ0) is 13.0. The average molecular weight is 288 g/mol. The molecule has 0 aliphatic carbocycles. The van der Waals surface area contributed by atoms with Gasteiger partial charge in [-0.3, -0.25) is 0 Å². The van der Waals surface area contributed by atoms with Crippen LogP contribution in [0.4, 0.5) is 0 Å². The molecule has 0 saturated carbocycles. The van der Waals surface area contributed by atoms with Crippen LogP contribution in [0.5, 0.6) is 0 Å². The van der Waals surface area contributed by atoms with Gasteiger partial charge >= 0.3 is 0 Å². The summed E-state index contributed by atoms with van der Waals surface area (Å²) in [5.41, 5.74) is 1.33. The summed E-state index contributed by atoms with van der Waals surface area (Å²) in [6, 6.07) is 5.74. The van der Waals surface area contributed by atoms with Gasteiger partial charge in [-0.15, -0.1) is 0 Å². The number of rotatable bonds is 5. The third-order valence-corrected chi connectivity index (χ3v) is 4.10. The van der Waals surface area contributed by atoms with Crippen LogP contribution in [0.25, 0.3) is 0 Å². The Bertz CT molecular complexity index is 403. The number of benzene rings is 1. The van der Waals surface area contributed by atoms with E-state index in [0.717, 1.165) is 49.7 Å². The molecule has 0 spiro atoms. The second kappa shape index (κ2) is 6.25. The van der Waals surface area contributed by atoms with E-state index in [1.807, 2.05) is 18.2 Å². The van der Waals surface area contributed by atoms with Gasteiger partial charge in [0.2, 0.25) is 0 Å². The molecule has 1 unspecified atom stereocenters. The van der Waals surface area contributed by atoms with Gasteiger partial charge in [-0.05, 0) is 37.1 Å². The molecule has 100 valence electrons. The molecule has 1 atom stereocenters. The Morgan fingerprint density at radius 2 is 2.22 bits per heavy atom. The fourth-order valence-electron chi connectivity index (χ4n) is 2.45. The van der Waals surface area contributed by atoms with Gasteiger partial charge in [0, 0.05) is 28.6 Å². The molecule has 1 aliphatic heterocycles. The molecule has 1 fully saturated rings. The first kappa shape index (κ1) is 14.1. The molecular weight excluding hydrogens is 269 g/mol. The van der Waals surface area contributed by atoms with E-state index in [-0.39, 0.29) is 5.41 Å². The molecule has 4 heteroatoms. The van der Waals surface area contributed by atoms with Crippen LogP contribution in [0.3, 0.4) is 0 Å². The fraction of sp³-hybridized carbons (Fsp3) is 0.571. The van der Waals surface area contributed by atoms with Crippen LogP contribution in [0.1, 0.15) is 18.9 Å². The van der Waals surface area contributed by atoms with Crippen LogP contribution in [-0.2, 0) is 11.2 Å². The summed E-state index contributed by atoms with van der Waals surface area (Å²) in [6.07, 6.45) is 2.02. The number of hydrogen-bond donors (Lipinski definition) is 1. The highest BCUT2D eigenvalue weighted by Crippen LogP contribution is 2.34. The van der Waals surface area contributed by atoms with E-state index in [1.165, 1.54) is 0 Å². The van der Waals surface area contributed by atoms with Crippen LogP contribution < -0.4 is 5.32 Å². The molecule has 1 N–H and O–H groups in total. The molecule has 0 amide bonds. The van der Waals surface area contributed by atoms with E-state index in [1.54, 1.807) is 0 Å². The first-order valence-electron chi connectivity index (χ1n) is 6.38. The number of ether oxygens (including phenoxy) is 1. The van der Waals surface area contributed by atoms with Crippen molar-refractivity contribution in [3.8, 4) is 0 Å². The van der Waals surface area contributed by atoms with Crippen molar-refractivity contribution in [1.29, 1.82) is 0 Å². The highest BCUT2D eigenvalue weighted by atomic mass is 35.5. The van der Waals surface area contributed by atoms with Crippen molar-refractivity contribution in [3.63, 3.8) is 0 Å². The van der Waals surface area contributed by atoms with Gasteiger partial charge in [-0.1, -0.05) is 36.2 Å². The minimum atomic E-state index is 0.174. The molecule has 1 saturated heterocycles. The van der Waals surface area contributed by atoms with Gasteiger partial charge < -0.3 is 10.1 Å². The maximum Gasteiger partial charge on any atom is 0.0538 e. The summed E-state index contributed by atoms with van der Waals surface area (Å²) >= 11 is 12.2. The molecular formula is C14H19Cl2NO. The molecule has 2 nitrogen and oxygen atoms in total. The second-order valence-electron chi connectivity index (χ2n) is 5.00. The summed E-state index contributed by atoms with van der Waals surface area (Å²) in [6.45, 7) is 5.73. The van der Waals surface area contributed by atoms with Gasteiger partial charge in [-0.2, -0.15) is 0 Å². The van der Waals surface area contributed by atoms with Crippen molar-refractivity contribution in [2.75, 3.05) is 26.3 Å². The maximum absolute atomic E-state index is 6.26. The Balaban J connectivity index is 2.13. The molecule has 0 aromatic heterocycles. The van der Waals surface area contributed by atoms with Crippen molar-refractivity contribution in [2.24, 2.45) is 5.41 Å². The number of halogens is 2. The van der Waals surface area contributed by atoms with Crippen molar-refractivity contribution < 1.29 is 4.74 Å². The van der Waals surface area contributed by atoms with E-state index in [0.29, 0.717) is 5.02 Å². The number of nitrogens with one attached hydrogen (secondary N) is 1. The van der Waals surface area contributed by atoms with E-state index in [4.69, 9.17) is 27.9 Å². The first-order chi connectivity index (χ1) is 8.65. The third kappa shape index (κ3) is 3.39. The second-order valence-corrected chi connectivity index (χ2v) is 5.84. The molecule has 1 aliphatic rings. The fourth-order valence-corrected chi connectivity index (χ4v) is 2.93. The van der Waals surface area contributed by atoms with Crippen LogP contribution >= 0.6 is 23.2 Å². The monoisotopic (exact) mass is 287 g/mol. The Labute approximate surface area is 119 Å². The van der Waals surface area contributed by atoms with E-state index < -0.39 is 0 Å². The Morgan fingerprint density at radius 1 is 1.39 bits per heavy atom. The molecule has 0 radical (unpaired) electrons. The van der Waals surface area contributed by atoms with E-state index in [9.17, 15) is 0 Å². The molecule has 1 aromatic rings. The zero-order valence-electron chi connectivity index (χ0n) is 10.6. The van der Waals surface area contributed by atoms with Gasteiger partial charge in [-0.25, -0.2) is 0 Å². The highest BCUT2D eigenvalue weighted by molar-refractivity contribution is 6.35. The summed E-state index contributed by atoms with van der Waals surface area (Å²) in [5, 5.41) is 4.88. The molecule has 1 heterocycles. The minimum Gasteiger partial charge on any atom is -0.381 e. The normalized spacial score (nSPS) is 23.5. The maximum atomic E-state index is 6.26. The molecule has 1 aromatic carbocycles. The van der Waals surface area contributed by atoms with Crippen molar-refractivity contribution >= 4 is 23.2 Å². The largest absolute Gasteiger partial charge is 0.381 e. The quantitative estimate of drug-likeness (QED) is 0.894. The van der Waals surface area contributed by atoms with E-state index >= 15 is 0 Å². The minimum absolute atomic E-state index is 0.174. The van der Waals surface area contributed by atoms with E-state index in [2.05, 4.69) is 12.2 Å². The van der Waals surface area contributed by atoms with Crippen LogP contribution in [0.15, 0.2) is 18.2 Å². The van der Waals surface area contributed by atoms with Crippen LogP contribution in [0.2, 0.25) is 10.0 Å². The zero-order valence-corrected chi connectivity index (χ0v) is 12.2. The lowest BCUT2D eigenvalue weighted by Crippen LogP contribution is -2.36. The van der Waals surface area contributed by atoms with Crippen molar-refractivity contribution in [2.45, 2.75) is 19.8 Å². The SMILES string of the molecule is CCNCC1(Cc2ccc(Cl)cc2Cl)CCOC1. The van der Waals surface area contributed by atoms with Crippen LogP contribution in [0, 0.1) is 5.41 Å². The Hall–Kier alpha value is -0.280. The Kier molecular flexibility index (Phi) is 4.91.